The molecule has 0 aliphatic carbocycles. The number of aromatic amines is 1. The SMILES string of the molecule is [2H]C([2H])(CC1CCCN1C([2H])([2H])[2H])NS(=O)(=O)c1ccc(OCCC)c(-c2nc3c(C([2H])([2H])CC)nn(C)c3c(=O)[nH]2)c1. The highest BCUT2D eigenvalue weighted by molar-refractivity contribution is 7.89. The van der Waals surface area contributed by atoms with Crippen LogP contribution in [-0.4, -0.2) is 65.7 Å². The van der Waals surface area contributed by atoms with Crippen molar-refractivity contribution in [2.45, 2.75) is 63.3 Å². The van der Waals surface area contributed by atoms with E-state index in [0.29, 0.717) is 19.3 Å². The molecule has 196 valence electrons. The average Bonchev–Trinajstić information content (AvgIpc) is 3.51. The molecular weight excluding hydrogens is 480 g/mol. The van der Waals surface area contributed by atoms with Crippen LogP contribution in [0.4, 0.5) is 0 Å². The fourth-order valence-electron chi connectivity index (χ4n) is 4.15. The van der Waals surface area contributed by atoms with Crippen LogP contribution in [0.5, 0.6) is 5.75 Å². The molecule has 0 radical (unpaired) electrons. The smallest absolute Gasteiger partial charge is 0.277 e. The molecule has 2 aromatic heterocycles. The molecule has 10 nitrogen and oxygen atoms in total. The summed E-state index contributed by atoms with van der Waals surface area (Å²) in [7, 11) is -3.00. The van der Waals surface area contributed by atoms with Crippen molar-refractivity contribution in [3.8, 4) is 17.1 Å². The largest absolute Gasteiger partial charge is 0.493 e. The van der Waals surface area contributed by atoms with Crippen molar-refractivity contribution in [3.05, 3.63) is 34.2 Å². The van der Waals surface area contributed by atoms with Gasteiger partial charge in [-0.1, -0.05) is 20.3 Å². The molecule has 1 atom stereocenters. The van der Waals surface area contributed by atoms with Crippen molar-refractivity contribution < 1.29 is 22.7 Å². The van der Waals surface area contributed by atoms with Crippen LogP contribution in [0.3, 0.4) is 0 Å². The monoisotopic (exact) mass is 523 g/mol. The third kappa shape index (κ3) is 5.47. The Labute approximate surface area is 222 Å². The summed E-state index contributed by atoms with van der Waals surface area (Å²) in [5.41, 5.74) is -0.497. The lowest BCUT2D eigenvalue weighted by atomic mass is 10.1. The van der Waals surface area contributed by atoms with Crippen molar-refractivity contribution in [2.75, 3.05) is 26.6 Å². The van der Waals surface area contributed by atoms with Gasteiger partial charge in [0.15, 0.2) is 5.52 Å². The summed E-state index contributed by atoms with van der Waals surface area (Å²) in [6.45, 7) is -0.849. The maximum absolute atomic E-state index is 13.4. The van der Waals surface area contributed by atoms with Crippen molar-refractivity contribution in [2.24, 2.45) is 7.05 Å². The predicted octanol–water partition coefficient (Wildman–Crippen LogP) is 2.83. The molecule has 2 N–H and O–H groups in total. The minimum atomic E-state index is -4.50. The molecule has 0 bridgehead atoms. The first-order valence-electron chi connectivity index (χ1n) is 15.5. The van der Waals surface area contributed by atoms with E-state index in [-0.39, 0.29) is 64.8 Å². The minimum absolute atomic E-state index is 0.0210. The molecule has 1 unspecified atom stereocenters. The van der Waals surface area contributed by atoms with Gasteiger partial charge in [0.1, 0.15) is 17.1 Å². The Hall–Kier alpha value is -2.76. The van der Waals surface area contributed by atoms with Crippen LogP contribution in [-0.2, 0) is 23.4 Å². The van der Waals surface area contributed by atoms with Gasteiger partial charge in [0.05, 0.1) is 22.8 Å². The van der Waals surface area contributed by atoms with Crippen LogP contribution < -0.4 is 15.0 Å². The molecule has 1 aromatic carbocycles. The van der Waals surface area contributed by atoms with Gasteiger partial charge in [-0.3, -0.25) is 9.48 Å². The van der Waals surface area contributed by atoms with E-state index in [4.69, 9.17) is 14.3 Å². The number of fused-ring (bicyclic) bond motifs is 1. The lowest BCUT2D eigenvalue weighted by Crippen LogP contribution is -2.31. The van der Waals surface area contributed by atoms with Crippen LogP contribution in [0, 0.1) is 0 Å². The Bertz CT molecular complexity index is 1660. The minimum Gasteiger partial charge on any atom is -0.493 e. The Kier molecular flexibility index (Phi) is 5.70. The normalized spacial score (nSPS) is 20.8. The second-order valence-corrected chi connectivity index (χ2v) is 10.3. The first kappa shape index (κ1) is 18.5. The third-order valence-corrected chi connectivity index (χ3v) is 7.22. The van der Waals surface area contributed by atoms with Crippen LogP contribution in [0.2, 0.25) is 0 Å². The maximum atomic E-state index is 13.4. The number of sulfonamides is 1. The number of hydrogen-bond acceptors (Lipinski definition) is 7. The fourth-order valence-corrected chi connectivity index (χ4v) is 5.07. The van der Waals surface area contributed by atoms with Gasteiger partial charge in [0.2, 0.25) is 10.0 Å². The van der Waals surface area contributed by atoms with Crippen LogP contribution in [0.15, 0.2) is 27.9 Å². The molecule has 1 fully saturated rings. The zero-order chi connectivity index (χ0) is 32.0. The molecule has 0 amide bonds. The Morgan fingerprint density at radius 2 is 2.17 bits per heavy atom. The van der Waals surface area contributed by atoms with E-state index in [2.05, 4.69) is 19.8 Å². The van der Waals surface area contributed by atoms with Gasteiger partial charge in [-0.05, 0) is 63.8 Å². The number of H-pyrrole nitrogens is 1. The second kappa shape index (κ2) is 11.1. The van der Waals surface area contributed by atoms with Gasteiger partial charge >= 0.3 is 0 Å². The van der Waals surface area contributed by atoms with E-state index >= 15 is 0 Å². The molecule has 1 saturated heterocycles. The molecule has 4 rings (SSSR count). The number of nitrogens with one attached hydrogen (secondary N) is 2. The number of aromatic nitrogens is 4. The first-order chi connectivity index (χ1) is 19.9. The summed E-state index contributed by atoms with van der Waals surface area (Å²) in [5.74, 6) is 0.124. The lowest BCUT2D eigenvalue weighted by molar-refractivity contribution is 0.297. The Morgan fingerprint density at radius 1 is 1.33 bits per heavy atom. The Morgan fingerprint density at radius 3 is 2.92 bits per heavy atom. The van der Waals surface area contributed by atoms with E-state index in [9.17, 15) is 13.2 Å². The molecular formula is C25H36N6O4S. The van der Waals surface area contributed by atoms with E-state index in [1.807, 2.05) is 6.92 Å². The van der Waals surface area contributed by atoms with Crippen molar-refractivity contribution in [1.82, 2.24) is 29.4 Å². The van der Waals surface area contributed by atoms with Crippen molar-refractivity contribution >= 4 is 21.1 Å². The van der Waals surface area contributed by atoms with Gasteiger partial charge in [-0.25, -0.2) is 18.1 Å². The number of nitrogens with zero attached hydrogens (tertiary/aromatic N) is 4. The van der Waals surface area contributed by atoms with Crippen LogP contribution in [0.25, 0.3) is 22.4 Å². The lowest BCUT2D eigenvalue weighted by Gasteiger charge is -2.19. The summed E-state index contributed by atoms with van der Waals surface area (Å²) in [6, 6.07) is 3.13. The standard InChI is InChI=1S/C25H36N6O4S/c1-5-8-20-22-23(31(4)29-20)25(32)28-24(27-22)19-16-18(10-11-21(19)35-15-6-2)36(33,34)26-13-12-17-9-7-14-30(17)3/h10-11,16-17,26H,5-9,12-15H2,1-4H3,(H,27,28,32)/i3D3,8D2,13D2. The number of likely N-dealkylation sites (tertiary alicyclic amines) is 1. The average molecular weight is 524 g/mol. The molecule has 3 aromatic rings. The molecule has 11 heteroatoms. The quantitative estimate of drug-likeness (QED) is 0.396. The summed E-state index contributed by atoms with van der Waals surface area (Å²) in [6.07, 6.45) is -0.593. The third-order valence-electron chi connectivity index (χ3n) is 5.94. The van der Waals surface area contributed by atoms with E-state index < -0.39 is 41.5 Å². The van der Waals surface area contributed by atoms with E-state index in [1.54, 1.807) is 6.92 Å². The highest BCUT2D eigenvalue weighted by Gasteiger charge is 2.23. The highest BCUT2D eigenvalue weighted by atomic mass is 32.2. The number of ether oxygens (including phenoxy) is 1. The van der Waals surface area contributed by atoms with E-state index in [0.717, 1.165) is 0 Å². The summed E-state index contributed by atoms with van der Waals surface area (Å²) in [5, 5.41) is 4.20. The first-order valence-corrected chi connectivity index (χ1v) is 13.4. The number of aryl methyl sites for hydroxylation is 2. The molecule has 1 aliphatic rings. The summed E-state index contributed by atoms with van der Waals surface area (Å²) < 4.78 is 92.7. The zero-order valence-corrected chi connectivity index (χ0v) is 21.4. The fraction of sp³-hybridized carbons (Fsp3) is 0.560. The second-order valence-electron chi connectivity index (χ2n) is 8.60. The highest BCUT2D eigenvalue weighted by Crippen LogP contribution is 2.31. The molecule has 36 heavy (non-hydrogen) atoms. The van der Waals surface area contributed by atoms with Crippen molar-refractivity contribution in [1.29, 1.82) is 0 Å². The Balaban J connectivity index is 1.76. The van der Waals surface area contributed by atoms with Gasteiger partial charge in [0.25, 0.3) is 5.56 Å². The topological polar surface area (TPSA) is 122 Å². The van der Waals surface area contributed by atoms with Crippen LogP contribution in [0.1, 0.15) is 61.2 Å². The molecule has 3 heterocycles. The number of benzene rings is 1. The van der Waals surface area contributed by atoms with Crippen LogP contribution >= 0.6 is 0 Å². The zero-order valence-electron chi connectivity index (χ0n) is 27.6. The summed E-state index contributed by atoms with van der Waals surface area (Å²) >= 11 is 0. The number of rotatable bonds is 11. The van der Waals surface area contributed by atoms with Crippen molar-refractivity contribution in [3.63, 3.8) is 0 Å². The maximum Gasteiger partial charge on any atom is 0.277 e. The molecule has 0 spiro atoms. The van der Waals surface area contributed by atoms with Gasteiger partial charge in [-0.2, -0.15) is 5.10 Å². The number of hydrogen-bond donors (Lipinski definition) is 2. The van der Waals surface area contributed by atoms with Gasteiger partial charge in [-0.15, -0.1) is 0 Å². The molecule has 0 saturated carbocycles. The summed E-state index contributed by atoms with van der Waals surface area (Å²) in [4.78, 5) is 21.1. The predicted molar refractivity (Wildman–Crippen MR) is 140 cm³/mol. The van der Waals surface area contributed by atoms with Gasteiger partial charge in [0, 0.05) is 29.2 Å². The van der Waals surface area contributed by atoms with Gasteiger partial charge < -0.3 is 14.6 Å². The van der Waals surface area contributed by atoms with E-state index in [1.165, 1.54) is 34.8 Å². The molecule has 1 aliphatic heterocycles.